The van der Waals surface area contributed by atoms with Gasteiger partial charge in [-0.15, -0.1) is 0 Å². The molecule has 15 heavy (non-hydrogen) atoms. The third-order valence-corrected chi connectivity index (χ3v) is 2.86. The molecule has 0 heterocycles. The fourth-order valence-electron chi connectivity index (χ4n) is 0.733. The molecule has 0 saturated carbocycles. The molecular weight excluding hydrogens is 229 g/mol. The van der Waals surface area contributed by atoms with E-state index in [0.29, 0.717) is 0 Å². The second-order valence-corrected chi connectivity index (χ2v) is 4.20. The summed E-state index contributed by atoms with van der Waals surface area (Å²) >= 11 is 0. The van der Waals surface area contributed by atoms with Gasteiger partial charge in [0, 0.05) is 0 Å². The van der Waals surface area contributed by atoms with Gasteiger partial charge in [0.25, 0.3) is 9.84 Å². The van der Waals surface area contributed by atoms with E-state index in [9.17, 15) is 21.6 Å². The van der Waals surface area contributed by atoms with E-state index in [1.165, 1.54) is 18.2 Å². The van der Waals surface area contributed by atoms with E-state index in [4.69, 9.17) is 0 Å². The zero-order valence-corrected chi connectivity index (χ0v) is 9.06. The quantitative estimate of drug-likeness (QED) is 0.756. The molecule has 1 rings (SSSR count). The highest BCUT2D eigenvalue weighted by Crippen LogP contribution is 2.29. The maximum Gasteiger partial charge on any atom is 0.501 e. The molecule has 2 nitrogen and oxygen atoms in total. The molecule has 0 radical (unpaired) electrons. The Bertz CT molecular complexity index is 382. The summed E-state index contributed by atoms with van der Waals surface area (Å²) in [6, 6.07) is 5.72. The van der Waals surface area contributed by atoms with Crippen LogP contribution in [0.25, 0.3) is 0 Å². The first kappa shape index (κ1) is 14.0. The van der Waals surface area contributed by atoms with Gasteiger partial charge in [-0.1, -0.05) is 32.0 Å². The third-order valence-electron chi connectivity index (χ3n) is 1.36. The lowest BCUT2D eigenvalue weighted by molar-refractivity contribution is -0.0436. The Labute approximate surface area is 86.7 Å². The van der Waals surface area contributed by atoms with Gasteiger partial charge in [0.1, 0.15) is 0 Å². The number of alkyl halides is 3. The van der Waals surface area contributed by atoms with Crippen molar-refractivity contribution in [1.82, 2.24) is 0 Å². The van der Waals surface area contributed by atoms with Crippen LogP contribution >= 0.6 is 0 Å². The number of hydrogen-bond donors (Lipinski definition) is 0. The zero-order chi connectivity index (χ0) is 12.1. The summed E-state index contributed by atoms with van der Waals surface area (Å²) in [5.74, 6) is 0. The highest BCUT2D eigenvalue weighted by atomic mass is 32.2. The van der Waals surface area contributed by atoms with Gasteiger partial charge in [-0.25, -0.2) is 8.42 Å². The van der Waals surface area contributed by atoms with E-state index < -0.39 is 20.2 Å². The molecule has 1 aromatic rings. The highest BCUT2D eigenvalue weighted by molar-refractivity contribution is 7.92. The summed E-state index contributed by atoms with van der Waals surface area (Å²) < 4.78 is 57.3. The molecule has 0 bridgehead atoms. The molecule has 0 aliphatic rings. The Balaban J connectivity index is 0.000000921. The van der Waals surface area contributed by atoms with Gasteiger partial charge in [-0.3, -0.25) is 0 Å². The predicted octanol–water partition coefficient (Wildman–Crippen LogP) is 3.01. The molecule has 0 N–H and O–H groups in total. The molecule has 0 fully saturated rings. The van der Waals surface area contributed by atoms with Crippen LogP contribution in [-0.2, 0) is 9.84 Å². The van der Waals surface area contributed by atoms with E-state index >= 15 is 0 Å². The van der Waals surface area contributed by atoms with Crippen molar-refractivity contribution < 1.29 is 21.6 Å². The van der Waals surface area contributed by atoms with Crippen molar-refractivity contribution in [1.29, 1.82) is 0 Å². The summed E-state index contributed by atoms with van der Waals surface area (Å²) in [7, 11) is -5.18. The molecule has 0 unspecified atom stereocenters. The Hall–Kier alpha value is -1.04. The minimum absolute atomic E-state index is 0.734. The predicted molar refractivity (Wildman–Crippen MR) is 51.0 cm³/mol. The molecule has 0 aliphatic heterocycles. The van der Waals surface area contributed by atoms with Crippen LogP contribution in [0.5, 0.6) is 0 Å². The summed E-state index contributed by atoms with van der Waals surface area (Å²) in [5.41, 5.74) is -5.23. The standard InChI is InChI=1S/C7H5F3O2S.C2H6/c8-7(9,10)13(11,12)6-4-2-1-3-5-6;1-2/h1-5H;1-2H3. The molecule has 0 spiro atoms. The first-order chi connectivity index (χ1) is 6.86. The Morgan fingerprint density at radius 2 is 1.40 bits per heavy atom. The topological polar surface area (TPSA) is 34.1 Å². The van der Waals surface area contributed by atoms with Crippen LogP contribution in [0.1, 0.15) is 13.8 Å². The van der Waals surface area contributed by atoms with Crippen molar-refractivity contribution in [3.63, 3.8) is 0 Å². The Kier molecular flexibility index (Phi) is 4.80. The largest absolute Gasteiger partial charge is 0.501 e. The summed E-state index contributed by atoms with van der Waals surface area (Å²) in [6.45, 7) is 4.00. The molecule has 86 valence electrons. The second kappa shape index (κ2) is 5.16. The summed E-state index contributed by atoms with van der Waals surface area (Å²) in [4.78, 5) is -0.734. The fraction of sp³-hybridized carbons (Fsp3) is 0.333. The maximum atomic E-state index is 11.9. The maximum absolute atomic E-state index is 11.9. The molecule has 0 aliphatic carbocycles. The number of hydrogen-bond acceptors (Lipinski definition) is 2. The van der Waals surface area contributed by atoms with Crippen molar-refractivity contribution in [3.8, 4) is 0 Å². The van der Waals surface area contributed by atoms with Crippen LogP contribution in [-0.4, -0.2) is 13.9 Å². The second-order valence-electron chi connectivity index (χ2n) is 2.26. The van der Waals surface area contributed by atoms with Crippen LogP contribution in [0, 0.1) is 0 Å². The first-order valence-electron chi connectivity index (χ1n) is 4.22. The SMILES string of the molecule is CC.O=S(=O)(c1ccccc1)C(F)(F)F. The van der Waals surface area contributed by atoms with Crippen molar-refractivity contribution in [2.24, 2.45) is 0 Å². The average Bonchev–Trinajstić information content (AvgIpc) is 2.20. The number of benzene rings is 1. The molecule has 0 amide bonds. The van der Waals surface area contributed by atoms with Gasteiger partial charge in [-0.05, 0) is 12.1 Å². The first-order valence-corrected chi connectivity index (χ1v) is 5.70. The lowest BCUT2D eigenvalue weighted by Gasteiger charge is -2.06. The minimum atomic E-state index is -5.23. The van der Waals surface area contributed by atoms with Crippen molar-refractivity contribution in [2.75, 3.05) is 0 Å². The number of rotatable bonds is 1. The van der Waals surface area contributed by atoms with E-state index in [-0.39, 0.29) is 0 Å². The smallest absolute Gasteiger partial charge is 0.214 e. The lowest BCUT2D eigenvalue weighted by atomic mass is 10.4. The lowest BCUT2D eigenvalue weighted by Crippen LogP contribution is -2.23. The van der Waals surface area contributed by atoms with E-state index in [1.54, 1.807) is 0 Å². The van der Waals surface area contributed by atoms with Crippen molar-refractivity contribution in [3.05, 3.63) is 30.3 Å². The third kappa shape index (κ3) is 3.23. The Morgan fingerprint density at radius 1 is 1.00 bits per heavy atom. The van der Waals surface area contributed by atoms with Crippen LogP contribution in [0.3, 0.4) is 0 Å². The Morgan fingerprint density at radius 3 is 1.73 bits per heavy atom. The molecule has 6 heteroatoms. The normalized spacial score (nSPS) is 11.5. The van der Waals surface area contributed by atoms with Gasteiger partial charge in [0.15, 0.2) is 0 Å². The molecule has 0 aromatic heterocycles. The van der Waals surface area contributed by atoms with Crippen LogP contribution < -0.4 is 0 Å². The summed E-state index contributed by atoms with van der Waals surface area (Å²) in [5, 5.41) is 0. The van der Waals surface area contributed by atoms with Crippen LogP contribution in [0.2, 0.25) is 0 Å². The van der Waals surface area contributed by atoms with Crippen molar-refractivity contribution in [2.45, 2.75) is 24.3 Å². The summed E-state index contributed by atoms with van der Waals surface area (Å²) in [6.07, 6.45) is 0. The average molecular weight is 240 g/mol. The fourth-order valence-corrected chi connectivity index (χ4v) is 1.52. The molecule has 0 atom stereocenters. The van der Waals surface area contributed by atoms with Crippen LogP contribution in [0.15, 0.2) is 35.2 Å². The van der Waals surface area contributed by atoms with E-state index in [0.717, 1.165) is 12.1 Å². The van der Waals surface area contributed by atoms with Crippen LogP contribution in [0.4, 0.5) is 13.2 Å². The monoisotopic (exact) mass is 240 g/mol. The molecule has 0 saturated heterocycles. The molecule has 1 aromatic carbocycles. The van der Waals surface area contributed by atoms with E-state index in [2.05, 4.69) is 0 Å². The number of sulfone groups is 1. The van der Waals surface area contributed by atoms with E-state index in [1.807, 2.05) is 13.8 Å². The minimum Gasteiger partial charge on any atom is -0.214 e. The zero-order valence-electron chi connectivity index (χ0n) is 8.25. The number of halogens is 3. The van der Waals surface area contributed by atoms with Gasteiger partial charge >= 0.3 is 5.51 Å². The van der Waals surface area contributed by atoms with Gasteiger partial charge in [-0.2, -0.15) is 13.2 Å². The van der Waals surface area contributed by atoms with Crippen molar-refractivity contribution >= 4 is 9.84 Å². The molecular formula is C9H11F3O2S. The highest BCUT2D eigenvalue weighted by Gasteiger charge is 2.46. The van der Waals surface area contributed by atoms with Gasteiger partial charge in [0.2, 0.25) is 0 Å². The van der Waals surface area contributed by atoms with Gasteiger partial charge < -0.3 is 0 Å². The van der Waals surface area contributed by atoms with Gasteiger partial charge in [0.05, 0.1) is 4.90 Å².